The van der Waals surface area contributed by atoms with Gasteiger partial charge >= 0.3 is 5.97 Å². The second kappa shape index (κ2) is 9.75. The van der Waals surface area contributed by atoms with E-state index in [4.69, 9.17) is 4.74 Å². The lowest BCUT2D eigenvalue weighted by atomic mass is 10.0. The minimum atomic E-state index is -0.838. The number of rotatable bonds is 6. The van der Waals surface area contributed by atoms with Gasteiger partial charge in [0, 0.05) is 13.6 Å². The number of carboxylic acids is 1. The monoisotopic (exact) mass is 406 g/mol. The van der Waals surface area contributed by atoms with Gasteiger partial charge in [-0.3, -0.25) is 14.5 Å². The number of aliphatic carboxylic acids is 1. The molecule has 1 N–H and O–H groups in total. The molecular weight excluding hydrogens is 380 g/mol. The Hall–Kier alpha value is -2.31. The summed E-state index contributed by atoms with van der Waals surface area (Å²) in [6.45, 7) is 1.30. The lowest BCUT2D eigenvalue weighted by molar-refractivity contribution is -0.146. The number of amides is 1. The third-order valence-corrected chi connectivity index (χ3v) is 5.19. The first-order chi connectivity index (χ1) is 13.0. The van der Waals surface area contributed by atoms with Gasteiger partial charge in [0.1, 0.15) is 11.8 Å². The second-order valence-electron chi connectivity index (χ2n) is 7.12. The number of likely N-dealkylation sites (tertiary alicyclic amines) is 1. The van der Waals surface area contributed by atoms with Crippen molar-refractivity contribution in [1.82, 2.24) is 9.80 Å². The molecule has 0 aromatic heterocycles. The number of methoxy groups -OCH3 is 1. The molecule has 0 spiro atoms. The van der Waals surface area contributed by atoms with Gasteiger partial charge in [0.2, 0.25) is 5.91 Å². The van der Waals surface area contributed by atoms with Crippen molar-refractivity contribution in [3.63, 3.8) is 0 Å². The second-order valence-corrected chi connectivity index (χ2v) is 7.12. The molecule has 0 bridgehead atoms. The first-order valence-electron chi connectivity index (χ1n) is 9.25. The maximum Gasteiger partial charge on any atom is 0.320 e. The molecule has 3 rings (SSSR count). The zero-order valence-corrected chi connectivity index (χ0v) is 17.1. The smallest absolute Gasteiger partial charge is 0.320 e. The van der Waals surface area contributed by atoms with Crippen LogP contribution in [0.3, 0.4) is 0 Å². The number of hydrogen-bond donors (Lipinski definition) is 1. The Morgan fingerprint density at radius 2 is 1.89 bits per heavy atom. The van der Waals surface area contributed by atoms with E-state index in [1.54, 1.807) is 24.0 Å². The molecule has 0 aliphatic carbocycles. The molecule has 1 aliphatic heterocycles. The van der Waals surface area contributed by atoms with Crippen molar-refractivity contribution in [2.45, 2.75) is 31.8 Å². The Morgan fingerprint density at radius 3 is 2.61 bits per heavy atom. The summed E-state index contributed by atoms with van der Waals surface area (Å²) >= 11 is 0. The quantitative estimate of drug-likeness (QED) is 0.797. The predicted molar refractivity (Wildman–Crippen MR) is 111 cm³/mol. The molecule has 1 amide bonds. The first-order valence-corrected chi connectivity index (χ1v) is 9.25. The van der Waals surface area contributed by atoms with Gasteiger partial charge in [-0.25, -0.2) is 0 Å². The van der Waals surface area contributed by atoms with Crippen molar-refractivity contribution in [2.24, 2.45) is 0 Å². The van der Waals surface area contributed by atoms with Gasteiger partial charge < -0.3 is 14.7 Å². The molecule has 1 heterocycles. The molecule has 0 saturated carbocycles. The van der Waals surface area contributed by atoms with E-state index in [0.29, 0.717) is 19.5 Å². The summed E-state index contributed by atoms with van der Waals surface area (Å²) in [5, 5.41) is 11.5. The summed E-state index contributed by atoms with van der Waals surface area (Å²) in [4.78, 5) is 27.5. The third-order valence-electron chi connectivity index (χ3n) is 5.19. The van der Waals surface area contributed by atoms with Crippen LogP contribution in [0.1, 0.15) is 24.8 Å². The third kappa shape index (κ3) is 5.14. The number of fused-ring (bicyclic) bond motifs is 1. The summed E-state index contributed by atoms with van der Waals surface area (Å²) in [5.74, 6) is -0.0786. The number of nitrogens with zero attached hydrogens (tertiary/aromatic N) is 2. The molecule has 7 heteroatoms. The van der Waals surface area contributed by atoms with Gasteiger partial charge in [-0.15, -0.1) is 12.4 Å². The van der Waals surface area contributed by atoms with E-state index in [1.165, 1.54) is 0 Å². The maximum atomic E-state index is 12.6. The van der Waals surface area contributed by atoms with E-state index in [2.05, 4.69) is 6.07 Å². The largest absolute Gasteiger partial charge is 0.497 e. The zero-order chi connectivity index (χ0) is 19.4. The first kappa shape index (κ1) is 22.0. The summed E-state index contributed by atoms with van der Waals surface area (Å²) in [7, 11) is 3.41. The van der Waals surface area contributed by atoms with E-state index in [0.717, 1.165) is 34.9 Å². The van der Waals surface area contributed by atoms with Crippen LogP contribution in [-0.4, -0.2) is 60.1 Å². The minimum absolute atomic E-state index is 0. The van der Waals surface area contributed by atoms with Crippen molar-refractivity contribution in [3.05, 3.63) is 42.0 Å². The molecule has 0 radical (unpaired) electrons. The number of hydrogen-bond acceptors (Lipinski definition) is 4. The number of carboxylic acid groups (broad SMARTS) is 1. The molecule has 1 saturated heterocycles. The Balaban J connectivity index is 0.00000280. The number of ether oxygens (including phenoxy) is 1. The highest BCUT2D eigenvalue weighted by atomic mass is 35.5. The number of benzene rings is 2. The summed E-state index contributed by atoms with van der Waals surface area (Å²) in [6, 6.07) is 11.5. The highest BCUT2D eigenvalue weighted by molar-refractivity contribution is 5.85. The fraction of sp³-hybridized carbons (Fsp3) is 0.429. The minimum Gasteiger partial charge on any atom is -0.497 e. The van der Waals surface area contributed by atoms with Gasteiger partial charge in [0.15, 0.2) is 0 Å². The fourth-order valence-electron chi connectivity index (χ4n) is 3.61. The van der Waals surface area contributed by atoms with Crippen molar-refractivity contribution in [2.75, 3.05) is 27.2 Å². The van der Waals surface area contributed by atoms with E-state index < -0.39 is 12.0 Å². The lowest BCUT2D eigenvalue weighted by Crippen LogP contribution is -2.49. The molecule has 28 heavy (non-hydrogen) atoms. The van der Waals surface area contributed by atoms with Gasteiger partial charge in [0.05, 0.1) is 13.7 Å². The number of carbonyl (C=O) groups is 2. The average molecular weight is 407 g/mol. The van der Waals surface area contributed by atoms with Crippen molar-refractivity contribution in [3.8, 4) is 5.75 Å². The Bertz CT molecular complexity index is 842. The van der Waals surface area contributed by atoms with Crippen LogP contribution in [-0.2, 0) is 16.1 Å². The topological polar surface area (TPSA) is 70.1 Å². The van der Waals surface area contributed by atoms with Crippen LogP contribution in [0.2, 0.25) is 0 Å². The van der Waals surface area contributed by atoms with Crippen LogP contribution in [0.25, 0.3) is 10.8 Å². The van der Waals surface area contributed by atoms with Crippen LogP contribution in [0.5, 0.6) is 5.75 Å². The Morgan fingerprint density at radius 1 is 1.18 bits per heavy atom. The van der Waals surface area contributed by atoms with Crippen molar-refractivity contribution in [1.29, 1.82) is 0 Å². The zero-order valence-electron chi connectivity index (χ0n) is 16.3. The summed E-state index contributed by atoms with van der Waals surface area (Å²) in [6.07, 6.45) is 2.45. The van der Waals surface area contributed by atoms with E-state index in [9.17, 15) is 14.7 Å². The molecular formula is C21H27ClN2O4. The average Bonchev–Trinajstić information content (AvgIpc) is 2.67. The molecule has 1 fully saturated rings. The fourth-order valence-corrected chi connectivity index (χ4v) is 3.61. The van der Waals surface area contributed by atoms with Crippen LogP contribution in [0.15, 0.2) is 36.4 Å². The molecule has 2 aromatic carbocycles. The van der Waals surface area contributed by atoms with Crippen molar-refractivity contribution >= 4 is 35.1 Å². The summed E-state index contributed by atoms with van der Waals surface area (Å²) in [5.41, 5.74) is 1.04. The highest BCUT2D eigenvalue weighted by Crippen LogP contribution is 2.22. The predicted octanol–water partition coefficient (Wildman–Crippen LogP) is 3.17. The molecule has 1 unspecified atom stereocenters. The lowest BCUT2D eigenvalue weighted by Gasteiger charge is -2.33. The molecule has 1 aliphatic rings. The van der Waals surface area contributed by atoms with Crippen LogP contribution >= 0.6 is 12.4 Å². The number of likely N-dealkylation sites (N-methyl/N-ethyl adjacent to an activating group) is 1. The SMILES string of the molecule is COc1ccc2cc(CN(C)C(=O)CN3CCCCC3C(=O)O)ccc2c1.Cl. The van der Waals surface area contributed by atoms with Crippen LogP contribution in [0.4, 0.5) is 0 Å². The van der Waals surface area contributed by atoms with Gasteiger partial charge in [-0.1, -0.05) is 24.6 Å². The van der Waals surface area contributed by atoms with Crippen LogP contribution < -0.4 is 4.74 Å². The molecule has 6 nitrogen and oxygen atoms in total. The van der Waals surface area contributed by atoms with Gasteiger partial charge in [0.25, 0.3) is 0 Å². The normalized spacial score (nSPS) is 17.0. The molecule has 152 valence electrons. The highest BCUT2D eigenvalue weighted by Gasteiger charge is 2.30. The summed E-state index contributed by atoms with van der Waals surface area (Å²) < 4.78 is 5.25. The number of piperidine rings is 1. The van der Waals surface area contributed by atoms with Gasteiger partial charge in [-0.2, -0.15) is 0 Å². The number of carbonyl (C=O) groups excluding carboxylic acids is 1. The van der Waals surface area contributed by atoms with Gasteiger partial charge in [-0.05, 0) is 53.9 Å². The Labute approximate surface area is 171 Å². The molecule has 2 aromatic rings. The van der Waals surface area contributed by atoms with E-state index >= 15 is 0 Å². The Kier molecular flexibility index (Phi) is 7.66. The maximum absolute atomic E-state index is 12.6. The standard InChI is InChI=1S/C21H26N2O4.ClH/c1-22(20(24)14-23-10-4-3-5-19(23)21(25)26)13-15-6-7-17-12-18(27-2)9-8-16(17)11-15;/h6-9,11-12,19H,3-5,10,13-14H2,1-2H3,(H,25,26);1H. The molecule has 1 atom stereocenters. The van der Waals surface area contributed by atoms with Crippen LogP contribution in [0, 0.1) is 0 Å². The van der Waals surface area contributed by atoms with E-state index in [1.807, 2.05) is 30.3 Å². The number of halogens is 1. The van der Waals surface area contributed by atoms with Crippen molar-refractivity contribution < 1.29 is 19.4 Å². The van der Waals surface area contributed by atoms with E-state index in [-0.39, 0.29) is 24.9 Å².